The summed E-state index contributed by atoms with van der Waals surface area (Å²) in [5.74, 6) is 1.43. The average Bonchev–Trinajstić information content (AvgIpc) is 2.84. The number of nitrogens with zero attached hydrogens (tertiary/aromatic N) is 3. The van der Waals surface area contributed by atoms with E-state index in [4.69, 9.17) is 9.26 Å². The van der Waals surface area contributed by atoms with E-state index in [1.807, 2.05) is 26.8 Å². The molecule has 1 amide bonds. The zero-order valence-electron chi connectivity index (χ0n) is 15.0. The SMILES string of the molecule is Cc1noc(C)c1CCC(=O)N1CC(Oc2cc(C)n(C)c(=O)c2)C1. The highest BCUT2D eigenvalue weighted by atomic mass is 16.5. The van der Waals surface area contributed by atoms with Gasteiger partial charge in [-0.25, -0.2) is 0 Å². The standard InChI is InChI=1S/C18H23N3O4/c1-11-7-14(8-18(23)20(11)4)24-15-9-21(10-15)17(22)6-5-16-12(2)19-25-13(16)3/h7-8,15H,5-6,9-10H2,1-4H3. The maximum Gasteiger partial charge on any atom is 0.254 e. The number of carbonyl (C=O) groups excluding carboxylic acids is 1. The molecular weight excluding hydrogens is 322 g/mol. The van der Waals surface area contributed by atoms with Crippen LogP contribution in [0.3, 0.4) is 0 Å². The van der Waals surface area contributed by atoms with Gasteiger partial charge in [-0.1, -0.05) is 5.16 Å². The fourth-order valence-electron chi connectivity index (χ4n) is 2.96. The number of hydrogen-bond acceptors (Lipinski definition) is 5. The highest BCUT2D eigenvalue weighted by Gasteiger charge is 2.32. The van der Waals surface area contributed by atoms with E-state index in [2.05, 4.69) is 5.16 Å². The average molecular weight is 345 g/mol. The minimum atomic E-state index is -0.0956. The molecule has 0 atom stereocenters. The second-order valence-corrected chi connectivity index (χ2v) is 6.57. The Labute approximate surface area is 146 Å². The van der Waals surface area contributed by atoms with Gasteiger partial charge in [0.05, 0.1) is 18.8 Å². The third-order valence-corrected chi connectivity index (χ3v) is 4.75. The second kappa shape index (κ2) is 6.74. The summed E-state index contributed by atoms with van der Waals surface area (Å²) in [6, 6.07) is 3.32. The van der Waals surface area contributed by atoms with Gasteiger partial charge in [-0.2, -0.15) is 0 Å². The number of aryl methyl sites for hydroxylation is 3. The quantitative estimate of drug-likeness (QED) is 0.821. The predicted octanol–water partition coefficient (Wildman–Crippen LogP) is 1.52. The van der Waals surface area contributed by atoms with E-state index in [0.29, 0.717) is 31.7 Å². The van der Waals surface area contributed by atoms with Crippen LogP contribution in [0.5, 0.6) is 5.75 Å². The number of hydrogen-bond donors (Lipinski definition) is 0. The molecule has 1 aliphatic heterocycles. The number of ether oxygens (including phenoxy) is 1. The largest absolute Gasteiger partial charge is 0.486 e. The van der Waals surface area contributed by atoms with Crippen LogP contribution in [0.2, 0.25) is 0 Å². The van der Waals surface area contributed by atoms with Gasteiger partial charge in [0.1, 0.15) is 17.6 Å². The van der Waals surface area contributed by atoms with Gasteiger partial charge in [0.25, 0.3) is 5.56 Å². The number of pyridine rings is 1. The lowest BCUT2D eigenvalue weighted by Crippen LogP contribution is -2.56. The number of aromatic nitrogens is 2. The van der Waals surface area contributed by atoms with Crippen molar-refractivity contribution in [2.24, 2.45) is 7.05 Å². The molecule has 1 aliphatic rings. The lowest BCUT2D eigenvalue weighted by molar-refractivity contribution is -0.139. The first-order chi connectivity index (χ1) is 11.8. The molecule has 1 fully saturated rings. The van der Waals surface area contributed by atoms with E-state index in [-0.39, 0.29) is 17.6 Å². The number of rotatable bonds is 5. The highest BCUT2D eigenvalue weighted by Crippen LogP contribution is 2.20. The molecule has 0 bridgehead atoms. The summed E-state index contributed by atoms with van der Waals surface area (Å²) in [6.45, 7) is 6.71. The Kier molecular flexibility index (Phi) is 4.65. The molecule has 3 rings (SSSR count). The van der Waals surface area contributed by atoms with Crippen molar-refractivity contribution in [1.29, 1.82) is 0 Å². The van der Waals surface area contributed by atoms with Crippen molar-refractivity contribution in [1.82, 2.24) is 14.6 Å². The van der Waals surface area contributed by atoms with E-state index >= 15 is 0 Å². The predicted molar refractivity (Wildman–Crippen MR) is 91.7 cm³/mol. The van der Waals surface area contributed by atoms with Gasteiger partial charge in [0, 0.05) is 30.8 Å². The molecule has 25 heavy (non-hydrogen) atoms. The van der Waals surface area contributed by atoms with Crippen LogP contribution in [0.1, 0.15) is 29.1 Å². The zero-order valence-corrected chi connectivity index (χ0v) is 15.0. The lowest BCUT2D eigenvalue weighted by Gasteiger charge is -2.39. The van der Waals surface area contributed by atoms with Crippen molar-refractivity contribution < 1.29 is 14.1 Å². The molecule has 0 N–H and O–H groups in total. The molecule has 0 aromatic carbocycles. The van der Waals surface area contributed by atoms with Crippen LogP contribution < -0.4 is 10.3 Å². The molecule has 1 saturated heterocycles. The maximum atomic E-state index is 12.3. The summed E-state index contributed by atoms with van der Waals surface area (Å²) in [7, 11) is 1.73. The lowest BCUT2D eigenvalue weighted by atomic mass is 10.1. The minimum Gasteiger partial charge on any atom is -0.486 e. The molecule has 2 aromatic rings. The first-order valence-corrected chi connectivity index (χ1v) is 8.39. The summed E-state index contributed by atoms with van der Waals surface area (Å²) in [6.07, 6.45) is 1.01. The van der Waals surface area contributed by atoms with E-state index < -0.39 is 0 Å². The first-order valence-electron chi connectivity index (χ1n) is 8.39. The molecule has 7 nitrogen and oxygen atoms in total. The van der Waals surface area contributed by atoms with Gasteiger partial charge in [-0.3, -0.25) is 9.59 Å². The summed E-state index contributed by atoms with van der Waals surface area (Å²) in [4.78, 5) is 25.8. The Hall–Kier alpha value is -2.57. The van der Waals surface area contributed by atoms with Gasteiger partial charge in [-0.05, 0) is 33.3 Å². The van der Waals surface area contributed by atoms with Crippen molar-refractivity contribution >= 4 is 5.91 Å². The highest BCUT2D eigenvalue weighted by molar-refractivity contribution is 5.77. The van der Waals surface area contributed by atoms with Gasteiger partial charge in [-0.15, -0.1) is 0 Å². The Morgan fingerprint density at radius 3 is 2.64 bits per heavy atom. The van der Waals surface area contributed by atoms with Gasteiger partial charge >= 0.3 is 0 Å². The Morgan fingerprint density at radius 2 is 2.04 bits per heavy atom. The van der Waals surface area contributed by atoms with Crippen LogP contribution in [0.4, 0.5) is 0 Å². The third-order valence-electron chi connectivity index (χ3n) is 4.75. The topological polar surface area (TPSA) is 77.6 Å². The molecule has 0 saturated carbocycles. The fourth-order valence-corrected chi connectivity index (χ4v) is 2.96. The summed E-state index contributed by atoms with van der Waals surface area (Å²) < 4.78 is 12.5. The van der Waals surface area contributed by atoms with Gasteiger partial charge in [0.2, 0.25) is 5.91 Å². The van der Waals surface area contributed by atoms with Crippen molar-refractivity contribution in [2.45, 2.75) is 39.7 Å². The summed E-state index contributed by atoms with van der Waals surface area (Å²) in [5, 5.41) is 3.91. The van der Waals surface area contributed by atoms with Crippen LogP contribution in [-0.2, 0) is 18.3 Å². The van der Waals surface area contributed by atoms with E-state index in [0.717, 1.165) is 22.7 Å². The van der Waals surface area contributed by atoms with Crippen molar-refractivity contribution in [3.63, 3.8) is 0 Å². The first kappa shape index (κ1) is 17.3. The van der Waals surface area contributed by atoms with Crippen molar-refractivity contribution in [3.05, 3.63) is 45.2 Å². The normalized spacial score (nSPS) is 14.5. The smallest absolute Gasteiger partial charge is 0.254 e. The molecule has 0 unspecified atom stereocenters. The van der Waals surface area contributed by atoms with Crippen LogP contribution in [0.15, 0.2) is 21.5 Å². The molecule has 0 spiro atoms. The molecular formula is C18H23N3O4. The summed E-state index contributed by atoms with van der Waals surface area (Å²) >= 11 is 0. The molecule has 0 aliphatic carbocycles. The van der Waals surface area contributed by atoms with Crippen molar-refractivity contribution in [2.75, 3.05) is 13.1 Å². The number of carbonyl (C=O) groups is 1. The minimum absolute atomic E-state index is 0.0606. The molecule has 3 heterocycles. The Morgan fingerprint density at radius 1 is 1.32 bits per heavy atom. The molecule has 7 heteroatoms. The summed E-state index contributed by atoms with van der Waals surface area (Å²) in [5.41, 5.74) is 2.60. The molecule has 134 valence electrons. The van der Waals surface area contributed by atoms with Crippen LogP contribution in [0, 0.1) is 20.8 Å². The van der Waals surface area contributed by atoms with Crippen LogP contribution >= 0.6 is 0 Å². The molecule has 0 radical (unpaired) electrons. The molecule has 2 aromatic heterocycles. The third kappa shape index (κ3) is 3.60. The monoisotopic (exact) mass is 345 g/mol. The van der Waals surface area contributed by atoms with E-state index in [9.17, 15) is 9.59 Å². The maximum absolute atomic E-state index is 12.3. The van der Waals surface area contributed by atoms with Crippen LogP contribution in [-0.4, -0.2) is 39.7 Å². The second-order valence-electron chi connectivity index (χ2n) is 6.57. The Bertz CT molecular complexity index is 827. The van der Waals surface area contributed by atoms with Crippen molar-refractivity contribution in [3.8, 4) is 5.75 Å². The van der Waals surface area contributed by atoms with Gasteiger partial charge < -0.3 is 18.7 Å². The number of likely N-dealkylation sites (tertiary alicyclic amines) is 1. The van der Waals surface area contributed by atoms with Gasteiger partial charge in [0.15, 0.2) is 0 Å². The Balaban J connectivity index is 1.49. The van der Waals surface area contributed by atoms with E-state index in [1.54, 1.807) is 16.5 Å². The fraction of sp³-hybridized carbons (Fsp3) is 0.500. The van der Waals surface area contributed by atoms with Crippen LogP contribution in [0.25, 0.3) is 0 Å². The zero-order chi connectivity index (χ0) is 18.1. The number of amides is 1. The van der Waals surface area contributed by atoms with E-state index in [1.165, 1.54) is 6.07 Å².